The van der Waals surface area contributed by atoms with Crippen LogP contribution in [0.4, 0.5) is 18.9 Å². The number of benzene rings is 1. The number of halogens is 3. The normalized spacial score (nSPS) is 15.2. The summed E-state index contributed by atoms with van der Waals surface area (Å²) in [5.74, 6) is -1.35. The van der Waals surface area contributed by atoms with E-state index in [2.05, 4.69) is 0 Å². The molecular weight excluding hydrogens is 271 g/mol. The van der Waals surface area contributed by atoms with Crippen LogP contribution in [0.1, 0.15) is 42.1 Å². The molecule has 0 atom stereocenters. The first-order chi connectivity index (χ1) is 9.34. The summed E-state index contributed by atoms with van der Waals surface area (Å²) in [5.41, 5.74) is -1.11. The van der Waals surface area contributed by atoms with Gasteiger partial charge in [0, 0.05) is 18.3 Å². The lowest BCUT2D eigenvalue weighted by Gasteiger charge is -2.27. The second-order valence-corrected chi connectivity index (χ2v) is 4.96. The first-order valence-corrected chi connectivity index (χ1v) is 6.55. The molecule has 20 heavy (non-hydrogen) atoms. The molecule has 110 valence electrons. The van der Waals surface area contributed by atoms with Crippen molar-refractivity contribution in [1.82, 2.24) is 0 Å². The molecule has 0 aliphatic heterocycles. The van der Waals surface area contributed by atoms with Gasteiger partial charge in [-0.1, -0.05) is 6.92 Å². The molecule has 3 nitrogen and oxygen atoms in total. The van der Waals surface area contributed by atoms with Gasteiger partial charge in [0.15, 0.2) is 0 Å². The average molecular weight is 287 g/mol. The molecule has 1 saturated carbocycles. The van der Waals surface area contributed by atoms with Crippen molar-refractivity contribution >= 4 is 11.7 Å². The fraction of sp³-hybridized carbons (Fsp3) is 0.500. The minimum Gasteiger partial charge on any atom is -0.478 e. The molecule has 1 fully saturated rings. The van der Waals surface area contributed by atoms with E-state index in [0.717, 1.165) is 25.3 Å². The summed E-state index contributed by atoms with van der Waals surface area (Å²) in [6, 6.07) is 3.38. The molecule has 1 aliphatic rings. The Morgan fingerprint density at radius 2 is 2.05 bits per heavy atom. The highest BCUT2D eigenvalue weighted by Gasteiger charge is 2.38. The lowest BCUT2D eigenvalue weighted by atomic mass is 10.1. The maximum absolute atomic E-state index is 13.2. The molecule has 6 heteroatoms. The molecule has 0 unspecified atom stereocenters. The van der Waals surface area contributed by atoms with Crippen LogP contribution in [0.15, 0.2) is 18.2 Å². The molecule has 1 aromatic carbocycles. The monoisotopic (exact) mass is 287 g/mol. The summed E-state index contributed by atoms with van der Waals surface area (Å²) in [6.45, 7) is 2.45. The van der Waals surface area contributed by atoms with Crippen LogP contribution in [-0.4, -0.2) is 23.7 Å². The summed E-state index contributed by atoms with van der Waals surface area (Å²) in [5, 5.41) is 8.85. The highest BCUT2D eigenvalue weighted by Crippen LogP contribution is 2.41. The van der Waals surface area contributed by atoms with Crippen LogP contribution in [0.25, 0.3) is 0 Å². The largest absolute Gasteiger partial charge is 0.478 e. The minimum absolute atomic E-state index is 0.0897. The minimum atomic E-state index is -4.55. The van der Waals surface area contributed by atoms with E-state index in [4.69, 9.17) is 5.11 Å². The van der Waals surface area contributed by atoms with Crippen LogP contribution < -0.4 is 4.90 Å². The molecule has 0 bridgehead atoms. The van der Waals surface area contributed by atoms with Gasteiger partial charge < -0.3 is 10.0 Å². The van der Waals surface area contributed by atoms with Crippen LogP contribution in [0.5, 0.6) is 0 Å². The third-order valence-electron chi connectivity index (χ3n) is 3.31. The Morgan fingerprint density at radius 1 is 1.40 bits per heavy atom. The van der Waals surface area contributed by atoms with Crippen molar-refractivity contribution in [3.05, 3.63) is 29.3 Å². The zero-order valence-corrected chi connectivity index (χ0v) is 11.1. The van der Waals surface area contributed by atoms with Crippen LogP contribution in [-0.2, 0) is 6.18 Å². The van der Waals surface area contributed by atoms with Crippen molar-refractivity contribution in [3.63, 3.8) is 0 Å². The van der Waals surface area contributed by atoms with Crippen molar-refractivity contribution in [2.75, 3.05) is 11.4 Å². The summed E-state index contributed by atoms with van der Waals surface area (Å²) >= 11 is 0. The van der Waals surface area contributed by atoms with Crippen molar-refractivity contribution < 1.29 is 23.1 Å². The molecule has 0 heterocycles. The Kier molecular flexibility index (Phi) is 3.92. The molecule has 1 aromatic rings. The van der Waals surface area contributed by atoms with Crippen LogP contribution >= 0.6 is 0 Å². The van der Waals surface area contributed by atoms with Gasteiger partial charge in [-0.15, -0.1) is 0 Å². The van der Waals surface area contributed by atoms with Gasteiger partial charge in [0.1, 0.15) is 0 Å². The predicted molar refractivity (Wildman–Crippen MR) is 69.1 cm³/mol. The first-order valence-electron chi connectivity index (χ1n) is 6.55. The molecule has 0 radical (unpaired) electrons. The van der Waals surface area contributed by atoms with E-state index in [-0.39, 0.29) is 17.3 Å². The van der Waals surface area contributed by atoms with Gasteiger partial charge in [-0.05, 0) is 37.5 Å². The van der Waals surface area contributed by atoms with Crippen molar-refractivity contribution in [2.24, 2.45) is 0 Å². The SMILES string of the molecule is CCCN(c1ccc(C(=O)O)cc1C(F)(F)F)C1CC1. The Hall–Kier alpha value is -1.72. The molecule has 0 spiro atoms. The van der Waals surface area contributed by atoms with E-state index >= 15 is 0 Å². The van der Waals surface area contributed by atoms with Crippen LogP contribution in [0.2, 0.25) is 0 Å². The zero-order valence-electron chi connectivity index (χ0n) is 11.1. The van der Waals surface area contributed by atoms with Gasteiger partial charge in [-0.2, -0.15) is 13.2 Å². The maximum atomic E-state index is 13.2. The lowest BCUT2D eigenvalue weighted by Crippen LogP contribution is -2.29. The van der Waals surface area contributed by atoms with Crippen molar-refractivity contribution in [3.8, 4) is 0 Å². The topological polar surface area (TPSA) is 40.5 Å². The number of carboxylic acids is 1. The molecular formula is C14H16F3NO2. The second-order valence-electron chi connectivity index (χ2n) is 4.96. The zero-order chi connectivity index (χ0) is 14.9. The number of hydrogen-bond acceptors (Lipinski definition) is 2. The number of aromatic carboxylic acids is 1. The van der Waals surface area contributed by atoms with E-state index in [9.17, 15) is 18.0 Å². The quantitative estimate of drug-likeness (QED) is 0.896. The van der Waals surface area contributed by atoms with Crippen LogP contribution in [0, 0.1) is 0 Å². The second kappa shape index (κ2) is 5.34. The standard InChI is InChI=1S/C14H16F3NO2/c1-2-7-18(10-4-5-10)12-6-3-9(13(19)20)8-11(12)14(15,16)17/h3,6,8,10H,2,4-5,7H2,1H3,(H,19,20). The Balaban J connectivity index is 2.47. The molecule has 1 N–H and O–H groups in total. The lowest BCUT2D eigenvalue weighted by molar-refractivity contribution is -0.137. The Bertz CT molecular complexity index is 510. The van der Waals surface area contributed by atoms with Crippen molar-refractivity contribution in [1.29, 1.82) is 0 Å². The number of carboxylic acid groups (broad SMARTS) is 1. The fourth-order valence-electron chi connectivity index (χ4n) is 2.27. The van der Waals surface area contributed by atoms with Crippen LogP contribution in [0.3, 0.4) is 0 Å². The maximum Gasteiger partial charge on any atom is 0.418 e. The highest BCUT2D eigenvalue weighted by molar-refractivity contribution is 5.88. The molecule has 0 amide bonds. The third-order valence-corrected chi connectivity index (χ3v) is 3.31. The average Bonchev–Trinajstić information content (AvgIpc) is 3.18. The van der Waals surface area contributed by atoms with E-state index in [0.29, 0.717) is 6.54 Å². The van der Waals surface area contributed by atoms with E-state index in [1.165, 1.54) is 12.1 Å². The number of nitrogens with zero attached hydrogens (tertiary/aromatic N) is 1. The number of carbonyl (C=O) groups is 1. The molecule has 2 rings (SSSR count). The number of anilines is 1. The molecule has 0 saturated heterocycles. The summed E-state index contributed by atoms with van der Waals surface area (Å²) in [4.78, 5) is 12.6. The van der Waals surface area contributed by atoms with Crippen molar-refractivity contribution in [2.45, 2.75) is 38.4 Å². The fourth-order valence-corrected chi connectivity index (χ4v) is 2.27. The van der Waals surface area contributed by atoms with Gasteiger partial charge in [0.05, 0.1) is 11.1 Å². The Labute approximate surface area is 115 Å². The smallest absolute Gasteiger partial charge is 0.418 e. The predicted octanol–water partition coefficient (Wildman–Crippen LogP) is 3.78. The summed E-state index contributed by atoms with van der Waals surface area (Å²) in [7, 11) is 0. The third kappa shape index (κ3) is 3.05. The van der Waals surface area contributed by atoms with Gasteiger partial charge >= 0.3 is 12.1 Å². The number of alkyl halides is 3. The first kappa shape index (κ1) is 14.7. The number of rotatable bonds is 5. The van der Waals surface area contributed by atoms with Gasteiger partial charge in [0.25, 0.3) is 0 Å². The molecule has 1 aliphatic carbocycles. The van der Waals surface area contributed by atoms with E-state index < -0.39 is 17.7 Å². The Morgan fingerprint density at radius 3 is 2.50 bits per heavy atom. The van der Waals surface area contributed by atoms with Gasteiger partial charge in [-0.25, -0.2) is 4.79 Å². The summed E-state index contributed by atoms with van der Waals surface area (Å²) < 4.78 is 39.5. The van der Waals surface area contributed by atoms with Gasteiger partial charge in [0.2, 0.25) is 0 Å². The van der Waals surface area contributed by atoms with E-state index in [1.807, 2.05) is 6.92 Å². The van der Waals surface area contributed by atoms with Gasteiger partial charge in [-0.3, -0.25) is 0 Å². The number of hydrogen-bond donors (Lipinski definition) is 1. The van der Waals surface area contributed by atoms with E-state index in [1.54, 1.807) is 4.90 Å². The molecule has 0 aromatic heterocycles. The highest BCUT2D eigenvalue weighted by atomic mass is 19.4. The summed E-state index contributed by atoms with van der Waals surface area (Å²) in [6.07, 6.45) is -2.04.